The molecular weight excluding hydrogens is 294 g/mol. The summed E-state index contributed by atoms with van der Waals surface area (Å²) in [5.41, 5.74) is -0.315. The third-order valence-corrected chi connectivity index (χ3v) is 2.61. The molecule has 22 heavy (non-hydrogen) atoms. The average molecular weight is 309 g/mol. The molecule has 2 rings (SSSR count). The van der Waals surface area contributed by atoms with Gasteiger partial charge in [0, 0.05) is 19.7 Å². The predicted octanol–water partition coefficient (Wildman–Crippen LogP) is 0.286. The summed E-state index contributed by atoms with van der Waals surface area (Å²) < 4.78 is 20.0. The van der Waals surface area contributed by atoms with E-state index in [1.54, 1.807) is 6.92 Å². The summed E-state index contributed by atoms with van der Waals surface area (Å²) in [5.74, 6) is -0.149. The summed E-state index contributed by atoms with van der Waals surface area (Å²) in [5, 5.41) is 6.14. The average Bonchev–Trinajstić information content (AvgIpc) is 2.96. The fraction of sp³-hybridized carbons (Fsp3) is 0.385. The Kier molecular flexibility index (Phi) is 5.26. The van der Waals surface area contributed by atoms with Crippen LogP contribution in [-0.2, 0) is 11.3 Å². The van der Waals surface area contributed by atoms with Crippen LogP contribution in [0.1, 0.15) is 22.3 Å². The summed E-state index contributed by atoms with van der Waals surface area (Å²) in [6, 6.07) is 1.24. The number of hydrogen-bond acceptors (Lipinski definition) is 8. The standard InChI is InChI=1S/C13H15N3O6/c1-8-11(9(17)3-5-20-8)21-7-10-15-13(22-16-10)12(18)14-4-6-19-2/h3,5H,4,6-7H2,1-2H3,(H,14,18). The number of aryl methyl sites for hydroxylation is 1. The fourth-order valence-corrected chi connectivity index (χ4v) is 1.56. The fourth-order valence-electron chi connectivity index (χ4n) is 1.56. The number of nitrogens with zero attached hydrogens (tertiary/aromatic N) is 2. The summed E-state index contributed by atoms with van der Waals surface area (Å²) in [6.45, 7) is 2.18. The molecule has 0 saturated carbocycles. The second kappa shape index (κ2) is 7.36. The normalized spacial score (nSPS) is 10.5. The molecule has 0 saturated heterocycles. The second-order valence-corrected chi connectivity index (χ2v) is 4.22. The molecule has 0 aliphatic heterocycles. The molecule has 1 N–H and O–H groups in total. The maximum Gasteiger partial charge on any atom is 0.316 e. The van der Waals surface area contributed by atoms with E-state index in [0.29, 0.717) is 18.9 Å². The summed E-state index contributed by atoms with van der Waals surface area (Å²) >= 11 is 0. The highest BCUT2D eigenvalue weighted by atomic mass is 16.5. The Morgan fingerprint density at radius 2 is 2.27 bits per heavy atom. The van der Waals surface area contributed by atoms with Crippen molar-refractivity contribution in [3.05, 3.63) is 40.0 Å². The lowest BCUT2D eigenvalue weighted by Gasteiger charge is -2.03. The molecule has 118 valence electrons. The first-order chi connectivity index (χ1) is 10.6. The zero-order chi connectivity index (χ0) is 15.9. The summed E-state index contributed by atoms with van der Waals surface area (Å²) in [7, 11) is 1.52. The van der Waals surface area contributed by atoms with Crippen molar-refractivity contribution in [1.82, 2.24) is 15.5 Å². The number of hydrogen-bond donors (Lipinski definition) is 1. The van der Waals surface area contributed by atoms with Gasteiger partial charge in [0.15, 0.2) is 6.61 Å². The van der Waals surface area contributed by atoms with E-state index < -0.39 is 5.91 Å². The Labute approximate surface area is 125 Å². The Morgan fingerprint density at radius 3 is 3.00 bits per heavy atom. The van der Waals surface area contributed by atoms with Crippen LogP contribution in [0.4, 0.5) is 0 Å². The minimum Gasteiger partial charge on any atom is -0.478 e. The third-order valence-electron chi connectivity index (χ3n) is 2.61. The Bertz CT molecular complexity index is 693. The highest BCUT2D eigenvalue weighted by Gasteiger charge is 2.16. The van der Waals surface area contributed by atoms with E-state index in [4.69, 9.17) is 18.4 Å². The van der Waals surface area contributed by atoms with Crippen LogP contribution in [0.2, 0.25) is 0 Å². The van der Waals surface area contributed by atoms with Crippen LogP contribution in [0.3, 0.4) is 0 Å². The number of nitrogens with one attached hydrogen (secondary N) is 1. The zero-order valence-electron chi connectivity index (χ0n) is 12.1. The first kappa shape index (κ1) is 15.7. The van der Waals surface area contributed by atoms with Crippen molar-refractivity contribution in [3.8, 4) is 5.75 Å². The number of ether oxygens (including phenoxy) is 2. The molecule has 0 spiro atoms. The summed E-state index contributed by atoms with van der Waals surface area (Å²) in [6.07, 6.45) is 1.28. The Balaban J connectivity index is 1.95. The van der Waals surface area contributed by atoms with Crippen molar-refractivity contribution < 1.29 is 23.2 Å². The Hall–Kier alpha value is -2.68. The van der Waals surface area contributed by atoms with Crippen molar-refractivity contribution in [2.45, 2.75) is 13.5 Å². The van der Waals surface area contributed by atoms with Gasteiger partial charge in [0.25, 0.3) is 0 Å². The highest BCUT2D eigenvalue weighted by molar-refractivity contribution is 5.89. The van der Waals surface area contributed by atoms with Gasteiger partial charge < -0.3 is 23.7 Å². The number of carbonyl (C=O) groups is 1. The van der Waals surface area contributed by atoms with Crippen LogP contribution in [0.15, 0.2) is 26.1 Å². The van der Waals surface area contributed by atoms with E-state index in [1.165, 1.54) is 19.4 Å². The van der Waals surface area contributed by atoms with Gasteiger partial charge in [-0.3, -0.25) is 9.59 Å². The van der Waals surface area contributed by atoms with Gasteiger partial charge in [0.1, 0.15) is 5.76 Å². The molecule has 0 unspecified atom stereocenters. The minimum atomic E-state index is -0.508. The predicted molar refractivity (Wildman–Crippen MR) is 72.6 cm³/mol. The van der Waals surface area contributed by atoms with Gasteiger partial charge in [-0.1, -0.05) is 5.16 Å². The summed E-state index contributed by atoms with van der Waals surface area (Å²) in [4.78, 5) is 27.1. The maximum atomic E-state index is 11.6. The highest BCUT2D eigenvalue weighted by Crippen LogP contribution is 2.12. The monoisotopic (exact) mass is 309 g/mol. The number of aromatic nitrogens is 2. The van der Waals surface area contributed by atoms with Gasteiger partial charge in [-0.25, -0.2) is 0 Å². The first-order valence-electron chi connectivity index (χ1n) is 6.42. The lowest BCUT2D eigenvalue weighted by molar-refractivity contribution is 0.0893. The van der Waals surface area contributed by atoms with E-state index in [0.717, 1.165) is 0 Å². The second-order valence-electron chi connectivity index (χ2n) is 4.22. The molecule has 0 fully saturated rings. The molecule has 0 atom stereocenters. The van der Waals surface area contributed by atoms with Gasteiger partial charge in [0.2, 0.25) is 17.0 Å². The molecule has 0 aliphatic rings. The molecule has 0 radical (unpaired) electrons. The van der Waals surface area contributed by atoms with Gasteiger partial charge >= 0.3 is 11.8 Å². The molecule has 2 heterocycles. The van der Waals surface area contributed by atoms with Crippen LogP contribution in [0.5, 0.6) is 5.75 Å². The molecule has 9 heteroatoms. The van der Waals surface area contributed by atoms with Crippen LogP contribution in [0, 0.1) is 6.92 Å². The van der Waals surface area contributed by atoms with Crippen molar-refractivity contribution >= 4 is 5.91 Å². The zero-order valence-corrected chi connectivity index (χ0v) is 12.1. The molecule has 1 amide bonds. The van der Waals surface area contributed by atoms with Gasteiger partial charge in [-0.05, 0) is 6.92 Å². The molecule has 0 aromatic carbocycles. The number of carbonyl (C=O) groups excluding carboxylic acids is 1. The molecular formula is C13H15N3O6. The van der Waals surface area contributed by atoms with Gasteiger partial charge in [-0.2, -0.15) is 4.98 Å². The smallest absolute Gasteiger partial charge is 0.316 e. The van der Waals surface area contributed by atoms with E-state index in [9.17, 15) is 9.59 Å². The molecule has 2 aromatic heterocycles. The largest absolute Gasteiger partial charge is 0.478 e. The minimum absolute atomic E-state index is 0.0680. The maximum absolute atomic E-state index is 11.6. The van der Waals surface area contributed by atoms with Crippen molar-refractivity contribution in [2.75, 3.05) is 20.3 Å². The van der Waals surface area contributed by atoms with E-state index in [-0.39, 0.29) is 29.5 Å². The third kappa shape index (κ3) is 3.92. The topological polar surface area (TPSA) is 117 Å². The lowest BCUT2D eigenvalue weighted by atomic mass is 10.4. The molecule has 0 bridgehead atoms. The van der Waals surface area contributed by atoms with E-state index in [2.05, 4.69) is 15.5 Å². The van der Waals surface area contributed by atoms with Crippen molar-refractivity contribution in [1.29, 1.82) is 0 Å². The first-order valence-corrected chi connectivity index (χ1v) is 6.42. The van der Waals surface area contributed by atoms with Gasteiger partial charge in [-0.15, -0.1) is 0 Å². The number of amides is 1. The molecule has 2 aromatic rings. The van der Waals surface area contributed by atoms with Crippen molar-refractivity contribution in [3.63, 3.8) is 0 Å². The van der Waals surface area contributed by atoms with Crippen LogP contribution in [0.25, 0.3) is 0 Å². The van der Waals surface area contributed by atoms with Crippen molar-refractivity contribution in [2.24, 2.45) is 0 Å². The van der Waals surface area contributed by atoms with Crippen LogP contribution < -0.4 is 15.5 Å². The lowest BCUT2D eigenvalue weighted by Crippen LogP contribution is -2.27. The quantitative estimate of drug-likeness (QED) is 0.725. The molecule has 0 aliphatic carbocycles. The van der Waals surface area contributed by atoms with Crippen LogP contribution in [-0.4, -0.2) is 36.3 Å². The van der Waals surface area contributed by atoms with E-state index >= 15 is 0 Å². The number of methoxy groups -OCH3 is 1. The number of rotatable bonds is 7. The SMILES string of the molecule is COCCNC(=O)c1nc(COc2c(C)occc2=O)no1. The van der Waals surface area contributed by atoms with E-state index in [1.807, 2.05) is 0 Å². The molecule has 9 nitrogen and oxygen atoms in total. The van der Waals surface area contributed by atoms with Gasteiger partial charge in [0.05, 0.1) is 12.9 Å². The van der Waals surface area contributed by atoms with Crippen LogP contribution >= 0.6 is 0 Å². The Morgan fingerprint density at radius 1 is 1.45 bits per heavy atom.